The van der Waals surface area contributed by atoms with Crippen LogP contribution in [-0.2, 0) is 11.2 Å². The molecule has 0 saturated heterocycles. The number of nitrogens with two attached hydrogens (primary N) is 1. The van der Waals surface area contributed by atoms with Gasteiger partial charge in [-0.05, 0) is 36.9 Å². The fraction of sp³-hybridized carbons (Fsp3) is 0.462. The lowest BCUT2D eigenvalue weighted by molar-refractivity contribution is -0.118. The summed E-state index contributed by atoms with van der Waals surface area (Å²) in [4.78, 5) is 21.3. The van der Waals surface area contributed by atoms with Gasteiger partial charge >= 0.3 is 0 Å². The number of carbonyl (C=O) groups is 1. The Kier molecular flexibility index (Phi) is 5.14. The zero-order chi connectivity index (χ0) is 14.5. The molecule has 0 fully saturated rings. The molecule has 108 valence electrons. The Bertz CT molecular complexity index is 614. The van der Waals surface area contributed by atoms with Crippen molar-refractivity contribution >= 4 is 44.9 Å². The van der Waals surface area contributed by atoms with Crippen LogP contribution in [0, 0.1) is 0 Å². The van der Waals surface area contributed by atoms with Crippen LogP contribution in [0.3, 0.4) is 0 Å². The van der Waals surface area contributed by atoms with E-state index in [0.29, 0.717) is 6.42 Å². The summed E-state index contributed by atoms with van der Waals surface area (Å²) < 4.78 is 0. The van der Waals surface area contributed by atoms with E-state index in [1.807, 2.05) is 0 Å². The van der Waals surface area contributed by atoms with E-state index in [-0.39, 0.29) is 11.2 Å². The highest BCUT2D eigenvalue weighted by Gasteiger charge is 2.10. The SMILES string of the molecule is CCc1cc2c(NCCCCC(N)=O)nc(Cl)nc2s1. The summed E-state index contributed by atoms with van der Waals surface area (Å²) in [6.45, 7) is 2.84. The Morgan fingerprint density at radius 3 is 2.95 bits per heavy atom. The largest absolute Gasteiger partial charge is 0.370 e. The van der Waals surface area contributed by atoms with Gasteiger partial charge in [0.1, 0.15) is 10.6 Å². The first-order valence-corrected chi connectivity index (χ1v) is 7.77. The van der Waals surface area contributed by atoms with Crippen molar-refractivity contribution in [3.05, 3.63) is 16.2 Å². The van der Waals surface area contributed by atoms with Crippen molar-refractivity contribution in [3.8, 4) is 0 Å². The molecule has 0 atom stereocenters. The number of carbonyl (C=O) groups excluding carboxylic acids is 1. The minimum Gasteiger partial charge on any atom is -0.370 e. The Balaban J connectivity index is 2.05. The molecule has 2 aromatic rings. The lowest BCUT2D eigenvalue weighted by Crippen LogP contribution is -2.11. The predicted molar refractivity (Wildman–Crippen MR) is 83.3 cm³/mol. The van der Waals surface area contributed by atoms with Gasteiger partial charge in [-0.25, -0.2) is 9.97 Å². The van der Waals surface area contributed by atoms with E-state index in [0.717, 1.165) is 41.8 Å². The summed E-state index contributed by atoms with van der Waals surface area (Å²) >= 11 is 7.58. The molecule has 3 N–H and O–H groups in total. The van der Waals surface area contributed by atoms with E-state index < -0.39 is 0 Å². The number of halogens is 1. The van der Waals surface area contributed by atoms with Gasteiger partial charge in [0.2, 0.25) is 11.2 Å². The number of thiophene rings is 1. The first-order valence-electron chi connectivity index (χ1n) is 6.58. The third-order valence-corrected chi connectivity index (χ3v) is 4.25. The highest BCUT2D eigenvalue weighted by atomic mass is 35.5. The molecule has 0 saturated carbocycles. The van der Waals surface area contributed by atoms with Crippen molar-refractivity contribution in [2.75, 3.05) is 11.9 Å². The molecule has 0 spiro atoms. The number of nitrogens with zero attached hydrogens (tertiary/aromatic N) is 2. The zero-order valence-corrected chi connectivity index (χ0v) is 12.9. The second-order valence-electron chi connectivity index (χ2n) is 4.48. The molecule has 7 heteroatoms. The average molecular weight is 313 g/mol. The summed E-state index contributed by atoms with van der Waals surface area (Å²) in [6.07, 6.45) is 3.02. The van der Waals surface area contributed by atoms with Crippen LogP contribution in [0.15, 0.2) is 6.07 Å². The number of unbranched alkanes of at least 4 members (excludes halogenated alkanes) is 1. The third kappa shape index (κ3) is 3.80. The Morgan fingerprint density at radius 1 is 1.45 bits per heavy atom. The van der Waals surface area contributed by atoms with Crippen LogP contribution in [-0.4, -0.2) is 22.4 Å². The predicted octanol–water partition coefficient (Wildman–Crippen LogP) is 2.97. The normalized spacial score (nSPS) is 10.9. The number of anilines is 1. The van der Waals surface area contributed by atoms with Crippen LogP contribution >= 0.6 is 22.9 Å². The molecule has 2 heterocycles. The Labute approximate surface area is 126 Å². The van der Waals surface area contributed by atoms with Gasteiger partial charge in [0.15, 0.2) is 0 Å². The fourth-order valence-electron chi connectivity index (χ4n) is 1.89. The summed E-state index contributed by atoms with van der Waals surface area (Å²) in [7, 11) is 0. The van der Waals surface area contributed by atoms with Crippen molar-refractivity contribution in [2.45, 2.75) is 32.6 Å². The van der Waals surface area contributed by atoms with E-state index in [2.05, 4.69) is 28.3 Å². The van der Waals surface area contributed by atoms with Crippen molar-refractivity contribution in [1.82, 2.24) is 9.97 Å². The van der Waals surface area contributed by atoms with Crippen molar-refractivity contribution in [1.29, 1.82) is 0 Å². The second kappa shape index (κ2) is 6.85. The van der Waals surface area contributed by atoms with Crippen LogP contribution in [0.2, 0.25) is 5.28 Å². The zero-order valence-electron chi connectivity index (χ0n) is 11.3. The summed E-state index contributed by atoms with van der Waals surface area (Å²) in [5, 5.41) is 4.52. The summed E-state index contributed by atoms with van der Waals surface area (Å²) in [5.41, 5.74) is 5.10. The molecular weight excluding hydrogens is 296 g/mol. The Hall–Kier alpha value is -1.40. The van der Waals surface area contributed by atoms with Gasteiger partial charge in [-0.3, -0.25) is 4.79 Å². The quantitative estimate of drug-likeness (QED) is 0.608. The van der Waals surface area contributed by atoms with Crippen LogP contribution in [0.4, 0.5) is 5.82 Å². The van der Waals surface area contributed by atoms with E-state index in [1.54, 1.807) is 11.3 Å². The lowest BCUT2D eigenvalue weighted by atomic mass is 10.2. The van der Waals surface area contributed by atoms with Gasteiger partial charge in [0.25, 0.3) is 0 Å². The van der Waals surface area contributed by atoms with Crippen LogP contribution < -0.4 is 11.1 Å². The van der Waals surface area contributed by atoms with Gasteiger partial charge < -0.3 is 11.1 Å². The van der Waals surface area contributed by atoms with E-state index in [1.165, 1.54) is 4.88 Å². The maximum absolute atomic E-state index is 10.7. The van der Waals surface area contributed by atoms with E-state index in [9.17, 15) is 4.79 Å². The van der Waals surface area contributed by atoms with Crippen LogP contribution in [0.25, 0.3) is 10.2 Å². The molecule has 0 aliphatic carbocycles. The van der Waals surface area contributed by atoms with E-state index in [4.69, 9.17) is 17.3 Å². The molecule has 0 aromatic carbocycles. The van der Waals surface area contributed by atoms with Gasteiger partial charge in [-0.2, -0.15) is 0 Å². The second-order valence-corrected chi connectivity index (χ2v) is 5.93. The first kappa shape index (κ1) is 15.0. The number of amides is 1. The fourth-order valence-corrected chi connectivity index (χ4v) is 3.07. The summed E-state index contributed by atoms with van der Waals surface area (Å²) in [5.74, 6) is 0.498. The smallest absolute Gasteiger partial charge is 0.225 e. The molecule has 5 nitrogen and oxygen atoms in total. The molecule has 2 rings (SSSR count). The number of hydrogen-bond acceptors (Lipinski definition) is 5. The monoisotopic (exact) mass is 312 g/mol. The first-order chi connectivity index (χ1) is 9.60. The molecule has 0 aliphatic heterocycles. The summed E-state index contributed by atoms with van der Waals surface area (Å²) in [6, 6.07) is 2.10. The van der Waals surface area contributed by atoms with Gasteiger partial charge in [0.05, 0.1) is 5.39 Å². The topological polar surface area (TPSA) is 80.9 Å². The van der Waals surface area contributed by atoms with Gasteiger partial charge in [-0.15, -0.1) is 11.3 Å². The molecule has 0 unspecified atom stereocenters. The standard InChI is InChI=1S/C13H17ClN4OS/c1-2-8-7-9-11(16-6-4-3-5-10(15)19)17-13(14)18-12(9)20-8/h7H,2-6H2,1H3,(H2,15,19)(H,16,17,18). The molecule has 2 aromatic heterocycles. The Morgan fingerprint density at radius 2 is 2.25 bits per heavy atom. The van der Waals surface area contributed by atoms with Crippen molar-refractivity contribution in [3.63, 3.8) is 0 Å². The maximum atomic E-state index is 10.7. The average Bonchev–Trinajstić information content (AvgIpc) is 2.80. The molecule has 0 radical (unpaired) electrons. The number of primary amides is 1. The number of nitrogens with one attached hydrogen (secondary N) is 1. The molecular formula is C13H17ClN4OS. The van der Waals surface area contributed by atoms with Crippen molar-refractivity contribution < 1.29 is 4.79 Å². The minimum absolute atomic E-state index is 0.252. The van der Waals surface area contributed by atoms with Crippen molar-refractivity contribution in [2.24, 2.45) is 5.73 Å². The highest BCUT2D eigenvalue weighted by Crippen LogP contribution is 2.30. The molecule has 1 amide bonds. The van der Waals surface area contributed by atoms with E-state index >= 15 is 0 Å². The number of aromatic nitrogens is 2. The maximum Gasteiger partial charge on any atom is 0.225 e. The molecule has 0 aliphatic rings. The van der Waals surface area contributed by atoms with Crippen LogP contribution in [0.5, 0.6) is 0 Å². The molecule has 20 heavy (non-hydrogen) atoms. The minimum atomic E-state index is -0.261. The number of aryl methyl sites for hydroxylation is 1. The van der Waals surface area contributed by atoms with Gasteiger partial charge in [0, 0.05) is 17.8 Å². The van der Waals surface area contributed by atoms with Gasteiger partial charge in [-0.1, -0.05) is 6.92 Å². The third-order valence-electron chi connectivity index (χ3n) is 2.91. The van der Waals surface area contributed by atoms with Crippen LogP contribution in [0.1, 0.15) is 31.1 Å². The number of rotatable bonds is 7. The number of fused-ring (bicyclic) bond motifs is 1. The molecule has 0 bridgehead atoms. The number of hydrogen-bond donors (Lipinski definition) is 2. The lowest BCUT2D eigenvalue weighted by Gasteiger charge is -2.06. The highest BCUT2D eigenvalue weighted by molar-refractivity contribution is 7.18.